The van der Waals surface area contributed by atoms with Gasteiger partial charge in [0.2, 0.25) is 0 Å². The van der Waals surface area contributed by atoms with Crippen molar-refractivity contribution in [1.29, 1.82) is 0 Å². The number of phenolic OH excluding ortho intramolecular Hbond substituents is 2. The zero-order chi connectivity index (χ0) is 20.2. The Morgan fingerprint density at radius 1 is 0.759 bits per heavy atom. The van der Waals surface area contributed by atoms with Crippen molar-refractivity contribution in [3.05, 3.63) is 96.2 Å². The zero-order valence-electron chi connectivity index (χ0n) is 15.4. The third kappa shape index (κ3) is 3.77. The van der Waals surface area contributed by atoms with Crippen LogP contribution in [0.25, 0.3) is 22.6 Å². The van der Waals surface area contributed by atoms with E-state index in [0.717, 1.165) is 11.1 Å². The molecule has 4 rings (SSSR count). The number of nitrogens with two attached hydrogens (primary N) is 1. The molecular weight excluding hydrogens is 364 g/mol. The number of aromatic nitrogens is 2. The van der Waals surface area contributed by atoms with Crippen molar-refractivity contribution in [2.24, 2.45) is 10.9 Å². The minimum Gasteiger partial charge on any atom is -0.508 e. The van der Waals surface area contributed by atoms with Crippen LogP contribution in [0.1, 0.15) is 11.3 Å². The highest BCUT2D eigenvalue weighted by molar-refractivity contribution is 6.13. The van der Waals surface area contributed by atoms with E-state index in [1.807, 2.05) is 60.7 Å². The number of aromatic hydroxyl groups is 2. The highest BCUT2D eigenvalue weighted by atomic mass is 16.3. The third-order valence-electron chi connectivity index (χ3n) is 4.44. The second-order valence-corrected chi connectivity index (χ2v) is 6.37. The summed E-state index contributed by atoms with van der Waals surface area (Å²) in [4.78, 5) is 9.36. The van der Waals surface area contributed by atoms with Gasteiger partial charge in [-0.3, -0.25) is 0 Å². The van der Waals surface area contributed by atoms with Crippen molar-refractivity contribution < 1.29 is 10.2 Å². The van der Waals surface area contributed by atoms with Crippen molar-refractivity contribution >= 4 is 5.71 Å². The molecule has 1 heterocycles. The lowest BCUT2D eigenvalue weighted by Gasteiger charge is -2.11. The van der Waals surface area contributed by atoms with Crippen molar-refractivity contribution in [2.75, 3.05) is 0 Å². The van der Waals surface area contributed by atoms with Crippen molar-refractivity contribution in [1.82, 2.24) is 9.97 Å². The van der Waals surface area contributed by atoms with E-state index in [0.29, 0.717) is 28.5 Å². The van der Waals surface area contributed by atoms with Gasteiger partial charge >= 0.3 is 0 Å². The fourth-order valence-electron chi connectivity index (χ4n) is 3.04. The van der Waals surface area contributed by atoms with Crippen molar-refractivity contribution in [3.63, 3.8) is 0 Å². The molecule has 0 spiro atoms. The van der Waals surface area contributed by atoms with Crippen LogP contribution in [0, 0.1) is 0 Å². The van der Waals surface area contributed by atoms with Crippen molar-refractivity contribution in [3.8, 4) is 34.1 Å². The Kier molecular flexibility index (Phi) is 4.90. The summed E-state index contributed by atoms with van der Waals surface area (Å²) in [6.07, 6.45) is 0. The summed E-state index contributed by atoms with van der Waals surface area (Å²) in [5.41, 5.74) is 3.58. The Balaban J connectivity index is 1.92. The van der Waals surface area contributed by atoms with Crippen LogP contribution in [0.2, 0.25) is 0 Å². The largest absolute Gasteiger partial charge is 0.508 e. The number of hydrazone groups is 1. The van der Waals surface area contributed by atoms with Gasteiger partial charge in [0, 0.05) is 22.8 Å². The van der Waals surface area contributed by atoms with Gasteiger partial charge in [-0.1, -0.05) is 60.7 Å². The minimum atomic E-state index is -0.143. The number of rotatable bonds is 4. The van der Waals surface area contributed by atoms with Gasteiger partial charge in [-0.25, -0.2) is 9.97 Å². The predicted molar refractivity (Wildman–Crippen MR) is 113 cm³/mol. The molecule has 6 nitrogen and oxygen atoms in total. The molecule has 0 fully saturated rings. The Morgan fingerprint density at radius 2 is 1.41 bits per heavy atom. The van der Waals surface area contributed by atoms with E-state index < -0.39 is 0 Å². The number of phenols is 2. The molecule has 6 heteroatoms. The first-order chi connectivity index (χ1) is 14.2. The lowest BCUT2D eigenvalue weighted by molar-refractivity contribution is 0.450. The van der Waals surface area contributed by atoms with Gasteiger partial charge in [0.1, 0.15) is 17.2 Å². The second-order valence-electron chi connectivity index (χ2n) is 6.37. The summed E-state index contributed by atoms with van der Waals surface area (Å²) in [5.74, 6) is 5.99. The molecule has 0 radical (unpaired) electrons. The second kappa shape index (κ2) is 7.82. The fourth-order valence-corrected chi connectivity index (χ4v) is 3.04. The van der Waals surface area contributed by atoms with Gasteiger partial charge in [0.25, 0.3) is 0 Å². The SMILES string of the molecule is N/N=C(/c1cc(-c2ccccc2)nc(-c2ccccc2)n1)c1ccc(O)cc1O. The molecular formula is C23H18N4O2. The van der Waals surface area contributed by atoms with E-state index in [-0.39, 0.29) is 11.5 Å². The van der Waals surface area contributed by atoms with E-state index in [2.05, 4.69) is 10.1 Å². The van der Waals surface area contributed by atoms with Gasteiger partial charge in [0.05, 0.1) is 11.4 Å². The van der Waals surface area contributed by atoms with Crippen LogP contribution < -0.4 is 5.84 Å². The first-order valence-electron chi connectivity index (χ1n) is 8.96. The number of hydrogen-bond acceptors (Lipinski definition) is 6. The first kappa shape index (κ1) is 18.2. The quantitative estimate of drug-likeness (QED) is 0.282. The molecule has 4 N–H and O–H groups in total. The maximum absolute atomic E-state index is 10.3. The maximum Gasteiger partial charge on any atom is 0.160 e. The lowest BCUT2D eigenvalue weighted by Crippen LogP contribution is -2.11. The van der Waals surface area contributed by atoms with Gasteiger partial charge in [-0.15, -0.1) is 0 Å². The Bertz CT molecular complexity index is 1120. The molecule has 0 aliphatic rings. The summed E-state index contributed by atoms with van der Waals surface area (Å²) < 4.78 is 0. The average molecular weight is 382 g/mol. The van der Waals surface area contributed by atoms with E-state index >= 15 is 0 Å². The van der Waals surface area contributed by atoms with Crippen LogP contribution in [-0.4, -0.2) is 25.9 Å². The van der Waals surface area contributed by atoms with E-state index in [1.54, 1.807) is 12.1 Å². The van der Waals surface area contributed by atoms with Gasteiger partial charge < -0.3 is 16.1 Å². The van der Waals surface area contributed by atoms with Crippen LogP contribution in [0.4, 0.5) is 0 Å². The Hall–Kier alpha value is -4.19. The summed E-state index contributed by atoms with van der Waals surface area (Å²) in [5, 5.41) is 23.8. The van der Waals surface area contributed by atoms with E-state index in [1.165, 1.54) is 12.1 Å². The third-order valence-corrected chi connectivity index (χ3v) is 4.44. The molecule has 0 unspecified atom stereocenters. The number of hydrogen-bond donors (Lipinski definition) is 3. The molecule has 0 bridgehead atoms. The Morgan fingerprint density at radius 3 is 2.03 bits per heavy atom. The molecule has 0 atom stereocenters. The maximum atomic E-state index is 10.3. The molecule has 1 aromatic heterocycles. The zero-order valence-corrected chi connectivity index (χ0v) is 15.4. The molecule has 0 aliphatic heterocycles. The molecule has 0 amide bonds. The molecule has 0 saturated carbocycles. The summed E-state index contributed by atoms with van der Waals surface area (Å²) in [6, 6.07) is 25.3. The van der Waals surface area contributed by atoms with Crippen LogP contribution in [0.3, 0.4) is 0 Å². The predicted octanol–water partition coefficient (Wildman–Crippen LogP) is 3.93. The van der Waals surface area contributed by atoms with Crippen LogP contribution >= 0.6 is 0 Å². The summed E-state index contributed by atoms with van der Waals surface area (Å²) in [6.45, 7) is 0. The van der Waals surface area contributed by atoms with E-state index in [9.17, 15) is 10.2 Å². The highest BCUT2D eigenvalue weighted by Gasteiger charge is 2.17. The summed E-state index contributed by atoms with van der Waals surface area (Å²) in [7, 11) is 0. The van der Waals surface area contributed by atoms with Crippen molar-refractivity contribution in [2.45, 2.75) is 0 Å². The molecule has 4 aromatic rings. The smallest absolute Gasteiger partial charge is 0.160 e. The Labute approximate surface area is 167 Å². The minimum absolute atomic E-state index is 0.0553. The average Bonchev–Trinajstić information content (AvgIpc) is 2.77. The fraction of sp³-hybridized carbons (Fsp3) is 0. The van der Waals surface area contributed by atoms with E-state index in [4.69, 9.17) is 10.8 Å². The molecule has 29 heavy (non-hydrogen) atoms. The molecule has 142 valence electrons. The molecule has 3 aromatic carbocycles. The van der Waals surface area contributed by atoms with Gasteiger partial charge in [-0.05, 0) is 18.2 Å². The topological polar surface area (TPSA) is 105 Å². The van der Waals surface area contributed by atoms with Gasteiger partial charge in [0.15, 0.2) is 5.82 Å². The van der Waals surface area contributed by atoms with Crippen LogP contribution in [0.15, 0.2) is 90.0 Å². The van der Waals surface area contributed by atoms with Crippen LogP contribution in [0.5, 0.6) is 11.5 Å². The van der Waals surface area contributed by atoms with Gasteiger partial charge in [-0.2, -0.15) is 5.10 Å². The number of nitrogens with zero attached hydrogens (tertiary/aromatic N) is 3. The first-order valence-corrected chi connectivity index (χ1v) is 8.96. The normalized spacial score (nSPS) is 11.4. The number of benzene rings is 3. The standard InChI is InChI=1S/C23H18N4O2/c24-27-22(18-12-11-17(28)13-21(18)29)20-14-19(15-7-3-1-4-8-15)25-23(26-20)16-9-5-2-6-10-16/h1-14,28-29H,24H2/b27-22+. The van der Waals surface area contributed by atoms with Crippen LogP contribution in [-0.2, 0) is 0 Å². The summed E-state index contributed by atoms with van der Waals surface area (Å²) >= 11 is 0. The highest BCUT2D eigenvalue weighted by Crippen LogP contribution is 2.28. The molecule has 0 saturated heterocycles. The monoisotopic (exact) mass is 382 g/mol. The molecule has 0 aliphatic carbocycles. The lowest BCUT2D eigenvalue weighted by atomic mass is 10.0.